The van der Waals surface area contributed by atoms with Crippen LogP contribution in [0.2, 0.25) is 5.02 Å². The van der Waals surface area contributed by atoms with Crippen LogP contribution < -0.4 is 0 Å². The smallest absolute Gasteiger partial charge is 0.249 e. The summed E-state index contributed by atoms with van der Waals surface area (Å²) < 4.78 is 31.2. The van der Waals surface area contributed by atoms with Crippen molar-refractivity contribution >= 4 is 33.4 Å². The van der Waals surface area contributed by atoms with Crippen LogP contribution >= 0.6 is 23.4 Å². The highest BCUT2D eigenvalue weighted by Crippen LogP contribution is 2.43. The third-order valence-corrected chi connectivity index (χ3v) is 6.56. The molecule has 106 valence electrons. The Bertz CT molecular complexity index is 703. The second kappa shape index (κ2) is 5.40. The highest BCUT2D eigenvalue weighted by Gasteiger charge is 2.38. The molecule has 0 bridgehead atoms. The number of halogens is 1. The van der Waals surface area contributed by atoms with Crippen LogP contribution in [0.3, 0.4) is 0 Å². The molecule has 0 N–H and O–H groups in total. The van der Waals surface area contributed by atoms with E-state index in [-0.39, 0.29) is 10.3 Å². The number of sulfonamides is 1. The molecule has 3 rings (SSSR count). The largest absolute Gasteiger partial charge is 0.363 e. The monoisotopic (exact) mass is 330 g/mol. The van der Waals surface area contributed by atoms with E-state index >= 15 is 0 Å². The van der Waals surface area contributed by atoms with Gasteiger partial charge in [0.05, 0.1) is 11.6 Å². The van der Waals surface area contributed by atoms with Crippen molar-refractivity contribution in [1.82, 2.24) is 9.46 Å². The quantitative estimate of drug-likeness (QED) is 0.866. The lowest BCUT2D eigenvalue weighted by atomic mass is 10.2. The average Bonchev–Trinajstić information content (AvgIpc) is 3.11. The van der Waals surface area contributed by atoms with Crippen LogP contribution in [0, 0.1) is 0 Å². The van der Waals surface area contributed by atoms with E-state index < -0.39 is 10.0 Å². The first-order chi connectivity index (χ1) is 9.60. The number of nitrogens with zero attached hydrogens (tertiary/aromatic N) is 2. The summed E-state index contributed by atoms with van der Waals surface area (Å²) in [5, 5.41) is 3.71. The number of thioether (sulfide) groups is 1. The number of aromatic nitrogens is 1. The second-order valence-corrected chi connectivity index (χ2v) is 7.71. The molecule has 0 radical (unpaired) electrons. The second-order valence-electron chi connectivity index (χ2n) is 4.22. The number of hydrogen-bond donors (Lipinski definition) is 0. The van der Waals surface area contributed by atoms with Gasteiger partial charge in [0, 0.05) is 17.3 Å². The SMILES string of the molecule is O=S(=O)(c1cnoc1)N1CCSC1c1ccccc1Cl. The first kappa shape index (κ1) is 13.9. The van der Waals surface area contributed by atoms with Gasteiger partial charge in [0.2, 0.25) is 10.0 Å². The minimum Gasteiger partial charge on any atom is -0.363 e. The van der Waals surface area contributed by atoms with Gasteiger partial charge in [0.25, 0.3) is 0 Å². The van der Waals surface area contributed by atoms with Crippen molar-refractivity contribution in [2.24, 2.45) is 0 Å². The van der Waals surface area contributed by atoms with Gasteiger partial charge >= 0.3 is 0 Å². The van der Waals surface area contributed by atoms with Crippen molar-refractivity contribution in [3.63, 3.8) is 0 Å². The van der Waals surface area contributed by atoms with Gasteiger partial charge in [-0.1, -0.05) is 35.0 Å². The van der Waals surface area contributed by atoms with Crippen molar-refractivity contribution in [1.29, 1.82) is 0 Å². The Morgan fingerprint density at radius 3 is 2.90 bits per heavy atom. The van der Waals surface area contributed by atoms with Crippen molar-refractivity contribution in [3.05, 3.63) is 47.3 Å². The van der Waals surface area contributed by atoms with E-state index in [0.717, 1.165) is 17.6 Å². The first-order valence-electron chi connectivity index (χ1n) is 5.88. The van der Waals surface area contributed by atoms with Crippen LogP contribution in [-0.4, -0.2) is 30.2 Å². The molecule has 1 fully saturated rings. The molecule has 2 aromatic rings. The summed E-state index contributed by atoms with van der Waals surface area (Å²) in [5.74, 6) is 0.723. The van der Waals surface area contributed by atoms with Gasteiger partial charge in [-0.15, -0.1) is 11.8 Å². The molecule has 5 nitrogen and oxygen atoms in total. The Balaban J connectivity index is 2.00. The molecule has 0 spiro atoms. The van der Waals surface area contributed by atoms with Crippen LogP contribution in [0.25, 0.3) is 0 Å². The first-order valence-corrected chi connectivity index (χ1v) is 8.74. The van der Waals surface area contributed by atoms with Gasteiger partial charge in [-0.25, -0.2) is 8.42 Å². The van der Waals surface area contributed by atoms with Gasteiger partial charge < -0.3 is 4.52 Å². The molecular formula is C12H11ClN2O3S2. The van der Waals surface area contributed by atoms with Crippen molar-refractivity contribution in [2.45, 2.75) is 10.3 Å². The Morgan fingerprint density at radius 1 is 1.40 bits per heavy atom. The highest BCUT2D eigenvalue weighted by atomic mass is 35.5. The molecule has 1 aliphatic rings. The number of rotatable bonds is 3. The lowest BCUT2D eigenvalue weighted by Gasteiger charge is -2.23. The summed E-state index contributed by atoms with van der Waals surface area (Å²) in [6, 6.07) is 7.29. The third-order valence-electron chi connectivity index (χ3n) is 3.04. The fraction of sp³-hybridized carbons (Fsp3) is 0.250. The van der Waals surface area contributed by atoms with Gasteiger partial charge in [-0.3, -0.25) is 0 Å². The van der Waals surface area contributed by atoms with Gasteiger partial charge in [-0.2, -0.15) is 4.31 Å². The molecule has 1 unspecified atom stereocenters. The maximum Gasteiger partial charge on any atom is 0.249 e. The zero-order valence-electron chi connectivity index (χ0n) is 10.3. The molecule has 1 aromatic heterocycles. The molecular weight excluding hydrogens is 320 g/mol. The Kier molecular flexibility index (Phi) is 3.76. The summed E-state index contributed by atoms with van der Waals surface area (Å²) in [4.78, 5) is 0.0667. The van der Waals surface area contributed by atoms with Gasteiger partial charge in [0.1, 0.15) is 11.2 Å². The van der Waals surface area contributed by atoms with E-state index in [9.17, 15) is 8.42 Å². The van der Waals surface area contributed by atoms with Crippen LogP contribution in [-0.2, 0) is 10.0 Å². The van der Waals surface area contributed by atoms with E-state index in [4.69, 9.17) is 11.6 Å². The number of benzene rings is 1. The topological polar surface area (TPSA) is 63.4 Å². The summed E-state index contributed by atoms with van der Waals surface area (Å²) in [6.07, 6.45) is 2.35. The molecule has 0 aliphatic carbocycles. The van der Waals surface area contributed by atoms with Crippen molar-refractivity contribution in [2.75, 3.05) is 12.3 Å². The highest BCUT2D eigenvalue weighted by molar-refractivity contribution is 8.01. The molecule has 1 atom stereocenters. The summed E-state index contributed by atoms with van der Waals surface area (Å²) in [5.41, 5.74) is 0.802. The third kappa shape index (κ3) is 2.35. The predicted octanol–water partition coefficient (Wildman–Crippen LogP) is 2.76. The lowest BCUT2D eigenvalue weighted by Crippen LogP contribution is -2.30. The van der Waals surface area contributed by atoms with Crippen molar-refractivity contribution in [3.8, 4) is 0 Å². The average molecular weight is 331 g/mol. The molecule has 1 aromatic carbocycles. The maximum atomic E-state index is 12.6. The van der Waals surface area contributed by atoms with Crippen LogP contribution in [0.4, 0.5) is 0 Å². The van der Waals surface area contributed by atoms with E-state index in [1.54, 1.807) is 17.8 Å². The van der Waals surface area contributed by atoms with Gasteiger partial charge in [0.15, 0.2) is 0 Å². The fourth-order valence-corrected chi connectivity index (χ4v) is 5.51. The molecule has 8 heteroatoms. The zero-order valence-corrected chi connectivity index (χ0v) is 12.7. The number of hydrogen-bond acceptors (Lipinski definition) is 5. The van der Waals surface area contributed by atoms with Crippen LogP contribution in [0.1, 0.15) is 10.9 Å². The van der Waals surface area contributed by atoms with Crippen molar-refractivity contribution < 1.29 is 12.9 Å². The van der Waals surface area contributed by atoms with Crippen LogP contribution in [0.15, 0.2) is 46.1 Å². The molecule has 2 heterocycles. The Morgan fingerprint density at radius 2 is 2.20 bits per heavy atom. The van der Waals surface area contributed by atoms with E-state index in [0.29, 0.717) is 11.6 Å². The molecule has 0 saturated carbocycles. The maximum absolute atomic E-state index is 12.6. The minimum atomic E-state index is -3.61. The van der Waals surface area contributed by atoms with E-state index in [1.807, 2.05) is 18.2 Å². The zero-order chi connectivity index (χ0) is 14.2. The van der Waals surface area contributed by atoms with E-state index in [1.165, 1.54) is 10.5 Å². The van der Waals surface area contributed by atoms with E-state index in [2.05, 4.69) is 9.68 Å². The standard InChI is InChI=1S/C12H11ClN2O3S2/c13-11-4-2-1-3-10(11)12-15(5-6-19-12)20(16,17)9-7-14-18-8-9/h1-4,7-8,12H,5-6H2. The summed E-state index contributed by atoms with van der Waals surface area (Å²) in [7, 11) is -3.61. The molecule has 20 heavy (non-hydrogen) atoms. The predicted molar refractivity (Wildman–Crippen MR) is 77.0 cm³/mol. The Labute approximate surface area is 125 Å². The fourth-order valence-electron chi connectivity index (χ4n) is 2.08. The molecule has 1 saturated heterocycles. The molecule has 0 amide bonds. The molecule has 1 aliphatic heterocycles. The summed E-state index contributed by atoms with van der Waals surface area (Å²) in [6.45, 7) is 0.439. The van der Waals surface area contributed by atoms with Crippen LogP contribution in [0.5, 0.6) is 0 Å². The summed E-state index contributed by atoms with van der Waals surface area (Å²) >= 11 is 7.73. The normalized spacial score (nSPS) is 20.4. The van der Waals surface area contributed by atoms with Gasteiger partial charge in [-0.05, 0) is 11.6 Å². The Hall–Kier alpha value is -1.02. The minimum absolute atomic E-state index is 0.0667. The lowest BCUT2D eigenvalue weighted by molar-refractivity contribution is 0.414.